The molecule has 80 valence electrons. The smallest absolute Gasteiger partial charge is 0.123 e. The maximum atomic E-state index is 8.95. The Morgan fingerprint density at radius 2 is 2.44 bits per heavy atom. The van der Waals surface area contributed by atoms with Gasteiger partial charge in [-0.15, -0.1) is 0 Å². The lowest BCUT2D eigenvalue weighted by atomic mass is 9.93. The molecule has 2 heterocycles. The topological polar surface area (TPSA) is 48.7 Å². The Bertz CT molecular complexity index is 515. The third kappa shape index (κ3) is 1.48. The number of aromatic nitrogens is 1. The molecule has 1 aromatic rings. The van der Waals surface area contributed by atoms with Crippen molar-refractivity contribution in [3.8, 4) is 6.07 Å². The summed E-state index contributed by atoms with van der Waals surface area (Å²) in [6.45, 7) is 1.11. The Morgan fingerprint density at radius 3 is 3.00 bits per heavy atom. The first-order valence-corrected chi connectivity index (χ1v) is 6.07. The summed E-state index contributed by atoms with van der Waals surface area (Å²) in [6.07, 6.45) is 5.20. The zero-order valence-corrected chi connectivity index (χ0v) is 10.2. The number of fused-ring (bicyclic) bond motifs is 1. The zero-order valence-electron chi connectivity index (χ0n) is 8.57. The van der Waals surface area contributed by atoms with Crippen molar-refractivity contribution in [2.75, 3.05) is 6.54 Å². The van der Waals surface area contributed by atoms with Gasteiger partial charge in [-0.3, -0.25) is 0 Å². The van der Waals surface area contributed by atoms with Gasteiger partial charge in [-0.05, 0) is 45.5 Å². The van der Waals surface area contributed by atoms with E-state index < -0.39 is 0 Å². The molecule has 3 rings (SSSR count). The largest absolute Gasteiger partial charge is 0.310 e. The summed E-state index contributed by atoms with van der Waals surface area (Å²) in [4.78, 5) is 4.20. The molecule has 0 bridgehead atoms. The Hall–Kier alpha value is -1.18. The molecule has 0 saturated carbocycles. The van der Waals surface area contributed by atoms with Crippen LogP contribution < -0.4 is 5.32 Å². The van der Waals surface area contributed by atoms with Gasteiger partial charge in [0.15, 0.2) is 0 Å². The van der Waals surface area contributed by atoms with E-state index in [1.165, 1.54) is 5.57 Å². The molecule has 1 aromatic heterocycles. The van der Waals surface area contributed by atoms with Crippen LogP contribution in [-0.4, -0.2) is 17.6 Å². The lowest BCUT2D eigenvalue weighted by molar-refractivity contribution is 0.301. The normalized spacial score (nSPS) is 26.6. The van der Waals surface area contributed by atoms with E-state index in [1.807, 2.05) is 12.3 Å². The summed E-state index contributed by atoms with van der Waals surface area (Å²) in [5, 5.41) is 12.3. The molecule has 16 heavy (non-hydrogen) atoms. The van der Waals surface area contributed by atoms with Crippen molar-refractivity contribution in [3.63, 3.8) is 0 Å². The molecule has 1 aliphatic heterocycles. The van der Waals surface area contributed by atoms with E-state index in [0.29, 0.717) is 16.2 Å². The fourth-order valence-corrected chi connectivity index (χ4v) is 2.60. The van der Waals surface area contributed by atoms with Crippen LogP contribution >= 0.6 is 15.9 Å². The van der Waals surface area contributed by atoms with Crippen molar-refractivity contribution < 1.29 is 0 Å². The summed E-state index contributed by atoms with van der Waals surface area (Å²) in [6, 6.07) is 4.60. The van der Waals surface area contributed by atoms with Crippen molar-refractivity contribution >= 4 is 21.5 Å². The van der Waals surface area contributed by atoms with Crippen LogP contribution in [0.4, 0.5) is 0 Å². The van der Waals surface area contributed by atoms with Crippen LogP contribution in [-0.2, 0) is 0 Å². The molecule has 1 saturated heterocycles. The molecule has 0 radical (unpaired) electrons. The van der Waals surface area contributed by atoms with E-state index in [1.54, 1.807) is 0 Å². The number of nitrogens with zero attached hydrogens (tertiary/aromatic N) is 2. The van der Waals surface area contributed by atoms with E-state index in [-0.39, 0.29) is 0 Å². The number of hydrogen-bond donors (Lipinski definition) is 1. The van der Waals surface area contributed by atoms with Crippen LogP contribution in [0.5, 0.6) is 0 Å². The summed E-state index contributed by atoms with van der Waals surface area (Å²) in [5.74, 6) is 0.754. The minimum atomic E-state index is 0.546. The average molecular weight is 276 g/mol. The molecule has 0 amide bonds. The maximum absolute atomic E-state index is 8.95. The van der Waals surface area contributed by atoms with Gasteiger partial charge in [-0.1, -0.05) is 6.08 Å². The Balaban J connectivity index is 1.96. The van der Waals surface area contributed by atoms with Gasteiger partial charge in [0.25, 0.3) is 0 Å². The van der Waals surface area contributed by atoms with E-state index >= 15 is 0 Å². The number of pyridine rings is 1. The third-order valence-electron chi connectivity index (χ3n) is 3.32. The van der Waals surface area contributed by atoms with Crippen molar-refractivity contribution in [2.24, 2.45) is 5.92 Å². The quantitative estimate of drug-likeness (QED) is 0.799. The van der Waals surface area contributed by atoms with Crippen molar-refractivity contribution in [1.82, 2.24) is 10.3 Å². The maximum Gasteiger partial charge on any atom is 0.123 e. The fraction of sp³-hybridized carbons (Fsp3) is 0.333. The molecule has 2 unspecified atom stereocenters. The monoisotopic (exact) mass is 275 g/mol. The van der Waals surface area contributed by atoms with Crippen LogP contribution in [0, 0.1) is 17.2 Å². The summed E-state index contributed by atoms with van der Waals surface area (Å²) in [7, 11) is 0. The Morgan fingerprint density at radius 1 is 1.56 bits per heavy atom. The van der Waals surface area contributed by atoms with Gasteiger partial charge in [0.1, 0.15) is 10.7 Å². The number of hydrogen-bond acceptors (Lipinski definition) is 3. The van der Waals surface area contributed by atoms with Gasteiger partial charge in [0.2, 0.25) is 0 Å². The van der Waals surface area contributed by atoms with Gasteiger partial charge < -0.3 is 5.32 Å². The molecule has 1 aliphatic carbocycles. The SMILES string of the molecule is N#Cc1cc(C2=CC3NCC3C2)cnc1Br. The molecule has 3 nitrogen and oxygen atoms in total. The van der Waals surface area contributed by atoms with Gasteiger partial charge >= 0.3 is 0 Å². The highest BCUT2D eigenvalue weighted by atomic mass is 79.9. The highest BCUT2D eigenvalue weighted by Gasteiger charge is 2.34. The van der Waals surface area contributed by atoms with Crippen LogP contribution in [0.2, 0.25) is 0 Å². The summed E-state index contributed by atoms with van der Waals surface area (Å²) < 4.78 is 0.624. The van der Waals surface area contributed by atoms with Crippen molar-refractivity contribution in [3.05, 3.63) is 34.1 Å². The Kier molecular flexibility index (Phi) is 2.31. The van der Waals surface area contributed by atoms with Crippen molar-refractivity contribution in [1.29, 1.82) is 5.26 Å². The second-order valence-corrected chi connectivity index (χ2v) is 5.02. The van der Waals surface area contributed by atoms with Gasteiger partial charge in [-0.2, -0.15) is 5.26 Å². The Labute approximate surface area is 102 Å². The van der Waals surface area contributed by atoms with Crippen LogP contribution in [0.25, 0.3) is 5.57 Å². The lowest BCUT2D eigenvalue weighted by Crippen LogP contribution is -2.49. The zero-order chi connectivity index (χ0) is 11.1. The number of halogens is 1. The number of nitriles is 1. The van der Waals surface area contributed by atoms with Gasteiger partial charge in [-0.25, -0.2) is 4.98 Å². The second-order valence-electron chi connectivity index (χ2n) is 4.26. The summed E-state index contributed by atoms with van der Waals surface area (Å²) >= 11 is 3.27. The molecule has 0 aromatic carbocycles. The second kappa shape index (κ2) is 3.69. The van der Waals surface area contributed by atoms with Crippen LogP contribution in [0.1, 0.15) is 17.5 Å². The van der Waals surface area contributed by atoms with Crippen LogP contribution in [0.3, 0.4) is 0 Å². The molecular formula is C12H10BrN3. The van der Waals surface area contributed by atoms with E-state index in [2.05, 4.69) is 38.4 Å². The number of rotatable bonds is 1. The van der Waals surface area contributed by atoms with E-state index in [9.17, 15) is 0 Å². The lowest BCUT2D eigenvalue weighted by Gasteiger charge is -2.31. The molecule has 2 aliphatic rings. The molecular weight excluding hydrogens is 266 g/mol. The summed E-state index contributed by atoms with van der Waals surface area (Å²) in [5.41, 5.74) is 3.00. The molecule has 4 heteroatoms. The third-order valence-corrected chi connectivity index (χ3v) is 3.95. The first-order chi connectivity index (χ1) is 7.78. The fourth-order valence-electron chi connectivity index (χ4n) is 2.30. The standard InChI is InChI=1S/C12H10BrN3/c13-12-8(4-14)2-9(5-16-12)7-1-10-6-15-11(10)3-7/h2-3,5,10-11,15H,1,6H2. The number of allylic oxidation sites excluding steroid dienone is 1. The minimum absolute atomic E-state index is 0.546. The first-order valence-electron chi connectivity index (χ1n) is 5.28. The first kappa shape index (κ1) is 10.0. The van der Waals surface area contributed by atoms with Crippen LogP contribution in [0.15, 0.2) is 22.9 Å². The van der Waals surface area contributed by atoms with Gasteiger partial charge in [0.05, 0.1) is 5.56 Å². The predicted octanol–water partition coefficient (Wildman–Crippen LogP) is 2.09. The van der Waals surface area contributed by atoms with Gasteiger partial charge in [0, 0.05) is 18.8 Å². The highest BCUT2D eigenvalue weighted by Crippen LogP contribution is 2.36. The predicted molar refractivity (Wildman–Crippen MR) is 64.5 cm³/mol. The molecule has 2 atom stereocenters. The highest BCUT2D eigenvalue weighted by molar-refractivity contribution is 9.10. The number of nitrogens with one attached hydrogen (secondary N) is 1. The molecule has 1 fully saturated rings. The van der Waals surface area contributed by atoms with Crippen molar-refractivity contribution in [2.45, 2.75) is 12.5 Å². The average Bonchev–Trinajstić information content (AvgIpc) is 2.56. The molecule has 1 N–H and O–H groups in total. The van der Waals surface area contributed by atoms with E-state index in [4.69, 9.17) is 5.26 Å². The molecule has 0 spiro atoms. The van der Waals surface area contributed by atoms with E-state index in [0.717, 1.165) is 24.4 Å². The minimum Gasteiger partial charge on any atom is -0.310 e.